The Morgan fingerprint density at radius 3 is 2.58 bits per heavy atom. The molecule has 2 amide bonds. The molecule has 2 rings (SSSR count). The summed E-state index contributed by atoms with van der Waals surface area (Å²) in [4.78, 5) is 25.4. The normalized spacial score (nSPS) is 18.7. The molecule has 104 valence electrons. The highest BCUT2D eigenvalue weighted by Gasteiger charge is 2.42. The van der Waals surface area contributed by atoms with Crippen LogP contribution < -0.4 is 5.32 Å². The van der Waals surface area contributed by atoms with Crippen molar-refractivity contribution in [3.8, 4) is 0 Å². The van der Waals surface area contributed by atoms with Crippen LogP contribution in [0.2, 0.25) is 5.02 Å². The van der Waals surface area contributed by atoms with Gasteiger partial charge in [0.2, 0.25) is 11.8 Å². The monoisotopic (exact) mass is 284 g/mol. The van der Waals surface area contributed by atoms with Crippen molar-refractivity contribution in [2.75, 3.05) is 6.54 Å². The summed E-state index contributed by atoms with van der Waals surface area (Å²) < 4.78 is 1.65. The molecule has 0 atom stereocenters. The molecule has 2 heterocycles. The lowest BCUT2D eigenvalue weighted by molar-refractivity contribution is -0.152. The Hall–Kier alpha value is -1.56. The number of carbonyl (C=O) groups is 2. The first kappa shape index (κ1) is 13.9. The molecule has 0 radical (unpaired) electrons. The van der Waals surface area contributed by atoms with E-state index in [-0.39, 0.29) is 24.9 Å². The summed E-state index contributed by atoms with van der Waals surface area (Å²) in [5, 5.41) is 7.34. The zero-order chi connectivity index (χ0) is 14.4. The molecular weight excluding hydrogens is 268 g/mol. The smallest absolute Gasteiger partial charge is 0.245 e. The highest BCUT2D eigenvalue weighted by Crippen LogP contribution is 2.26. The van der Waals surface area contributed by atoms with Gasteiger partial charge in [0, 0.05) is 7.05 Å². The largest absolute Gasteiger partial charge is 0.345 e. The molecule has 1 aliphatic rings. The second kappa shape index (κ2) is 4.52. The number of carbonyl (C=O) groups excluding carboxylic acids is 2. The van der Waals surface area contributed by atoms with Crippen LogP contribution in [0.1, 0.15) is 25.2 Å². The van der Waals surface area contributed by atoms with Crippen molar-refractivity contribution >= 4 is 23.4 Å². The first-order chi connectivity index (χ1) is 8.75. The van der Waals surface area contributed by atoms with E-state index in [0.29, 0.717) is 10.7 Å². The van der Waals surface area contributed by atoms with Gasteiger partial charge in [-0.25, -0.2) is 0 Å². The number of hydrogen-bond acceptors (Lipinski definition) is 3. The Morgan fingerprint density at radius 2 is 2.05 bits per heavy atom. The van der Waals surface area contributed by atoms with Crippen LogP contribution in [-0.2, 0) is 23.2 Å². The van der Waals surface area contributed by atoms with Gasteiger partial charge in [0.15, 0.2) is 0 Å². The van der Waals surface area contributed by atoms with Crippen LogP contribution >= 0.6 is 11.6 Å². The Kier molecular flexibility index (Phi) is 3.30. The Bertz CT molecular complexity index is 550. The van der Waals surface area contributed by atoms with Gasteiger partial charge >= 0.3 is 0 Å². The molecule has 1 fully saturated rings. The quantitative estimate of drug-likeness (QED) is 0.866. The average Bonchev–Trinajstić information content (AvgIpc) is 2.56. The summed E-state index contributed by atoms with van der Waals surface area (Å²) in [7, 11) is 1.77. The highest BCUT2D eigenvalue weighted by molar-refractivity contribution is 6.31. The van der Waals surface area contributed by atoms with Crippen LogP contribution in [0, 0.1) is 6.92 Å². The van der Waals surface area contributed by atoms with E-state index < -0.39 is 5.54 Å². The fourth-order valence-corrected chi connectivity index (χ4v) is 2.41. The maximum atomic E-state index is 12.0. The lowest BCUT2D eigenvalue weighted by atomic mass is 9.98. The highest BCUT2D eigenvalue weighted by atomic mass is 35.5. The predicted octanol–water partition coefficient (Wildman–Crippen LogP) is 0.619. The molecule has 6 nitrogen and oxygen atoms in total. The standard InChI is InChI=1S/C12H17ClN4O2/c1-7-10(13)8(16(4)15-7)6-17-9(18)5-14-11(19)12(17,2)3/h5-6H2,1-4H3,(H,14,19). The van der Waals surface area contributed by atoms with Gasteiger partial charge in [-0.15, -0.1) is 0 Å². The first-order valence-electron chi connectivity index (χ1n) is 6.02. The SMILES string of the molecule is Cc1nn(C)c(CN2C(=O)CNC(=O)C2(C)C)c1Cl. The van der Waals surface area contributed by atoms with Gasteiger partial charge in [-0.05, 0) is 20.8 Å². The van der Waals surface area contributed by atoms with Crippen LogP contribution in [0.4, 0.5) is 0 Å². The second-order valence-electron chi connectivity index (χ2n) is 5.19. The lowest BCUT2D eigenvalue weighted by Crippen LogP contribution is -2.64. The van der Waals surface area contributed by atoms with Crippen LogP contribution in [-0.4, -0.2) is 38.6 Å². The summed E-state index contributed by atoms with van der Waals surface area (Å²) in [6.07, 6.45) is 0. The molecule has 0 bridgehead atoms. The molecule has 0 aliphatic carbocycles. The topological polar surface area (TPSA) is 67.2 Å². The lowest BCUT2D eigenvalue weighted by Gasteiger charge is -2.40. The number of aryl methyl sites for hydroxylation is 2. The van der Waals surface area contributed by atoms with Crippen LogP contribution in [0.3, 0.4) is 0 Å². The van der Waals surface area contributed by atoms with Crippen LogP contribution in [0.5, 0.6) is 0 Å². The number of aromatic nitrogens is 2. The van der Waals surface area contributed by atoms with E-state index in [1.807, 2.05) is 6.92 Å². The van der Waals surface area contributed by atoms with E-state index in [1.165, 1.54) is 4.90 Å². The van der Waals surface area contributed by atoms with Crippen molar-refractivity contribution in [1.29, 1.82) is 0 Å². The fraction of sp³-hybridized carbons (Fsp3) is 0.583. The zero-order valence-electron chi connectivity index (χ0n) is 11.5. The minimum atomic E-state index is -0.892. The number of piperazine rings is 1. The van der Waals surface area contributed by atoms with Gasteiger partial charge in [0.1, 0.15) is 5.54 Å². The Labute approximate surface area is 116 Å². The number of rotatable bonds is 2. The summed E-state index contributed by atoms with van der Waals surface area (Å²) in [6.45, 7) is 5.54. The van der Waals surface area contributed by atoms with Gasteiger partial charge in [0.05, 0.1) is 29.5 Å². The maximum Gasteiger partial charge on any atom is 0.245 e. The number of nitrogens with one attached hydrogen (secondary N) is 1. The first-order valence-corrected chi connectivity index (χ1v) is 6.39. The van der Waals surface area contributed by atoms with Gasteiger partial charge in [-0.3, -0.25) is 14.3 Å². The Morgan fingerprint density at radius 1 is 1.42 bits per heavy atom. The fourth-order valence-electron chi connectivity index (χ4n) is 2.19. The van der Waals surface area contributed by atoms with Crippen LogP contribution in [0.25, 0.3) is 0 Å². The Balaban J connectivity index is 2.35. The van der Waals surface area contributed by atoms with E-state index in [1.54, 1.807) is 25.6 Å². The van der Waals surface area contributed by atoms with E-state index in [2.05, 4.69) is 10.4 Å². The van der Waals surface area contributed by atoms with E-state index in [4.69, 9.17) is 11.6 Å². The summed E-state index contributed by atoms with van der Waals surface area (Å²) >= 11 is 6.19. The van der Waals surface area contributed by atoms with Crippen molar-refractivity contribution in [1.82, 2.24) is 20.0 Å². The van der Waals surface area contributed by atoms with Crippen molar-refractivity contribution in [2.24, 2.45) is 7.05 Å². The molecule has 1 saturated heterocycles. The number of nitrogens with zero attached hydrogens (tertiary/aromatic N) is 3. The molecule has 1 aliphatic heterocycles. The third-order valence-electron chi connectivity index (χ3n) is 3.50. The number of halogens is 1. The van der Waals surface area contributed by atoms with Gasteiger partial charge in [-0.1, -0.05) is 11.6 Å². The third-order valence-corrected chi connectivity index (χ3v) is 3.99. The summed E-state index contributed by atoms with van der Waals surface area (Å²) in [5.74, 6) is -0.290. The molecule has 0 aromatic carbocycles. The van der Waals surface area contributed by atoms with E-state index >= 15 is 0 Å². The van der Waals surface area contributed by atoms with Gasteiger partial charge in [-0.2, -0.15) is 5.10 Å². The minimum Gasteiger partial charge on any atom is -0.345 e. The van der Waals surface area contributed by atoms with E-state index in [0.717, 1.165) is 5.69 Å². The predicted molar refractivity (Wildman–Crippen MR) is 70.6 cm³/mol. The maximum absolute atomic E-state index is 12.0. The minimum absolute atomic E-state index is 0.0245. The third kappa shape index (κ3) is 2.20. The molecule has 19 heavy (non-hydrogen) atoms. The molecule has 1 aromatic rings. The molecule has 1 aromatic heterocycles. The van der Waals surface area contributed by atoms with Crippen LogP contribution in [0.15, 0.2) is 0 Å². The molecule has 1 N–H and O–H groups in total. The van der Waals surface area contributed by atoms with Crippen molar-refractivity contribution < 1.29 is 9.59 Å². The second-order valence-corrected chi connectivity index (χ2v) is 5.57. The van der Waals surface area contributed by atoms with Crippen molar-refractivity contribution in [3.63, 3.8) is 0 Å². The molecule has 0 saturated carbocycles. The molecule has 7 heteroatoms. The molecule has 0 spiro atoms. The zero-order valence-corrected chi connectivity index (χ0v) is 12.2. The van der Waals surface area contributed by atoms with Gasteiger partial charge < -0.3 is 10.2 Å². The average molecular weight is 285 g/mol. The summed E-state index contributed by atoms with van der Waals surface area (Å²) in [6, 6.07) is 0. The van der Waals surface area contributed by atoms with Crippen molar-refractivity contribution in [2.45, 2.75) is 32.9 Å². The summed E-state index contributed by atoms with van der Waals surface area (Å²) in [5.41, 5.74) is 0.554. The molecule has 0 unspecified atom stereocenters. The number of amides is 2. The van der Waals surface area contributed by atoms with Gasteiger partial charge in [0.25, 0.3) is 0 Å². The number of hydrogen-bond donors (Lipinski definition) is 1. The molecular formula is C12H17ClN4O2. The van der Waals surface area contributed by atoms with E-state index in [9.17, 15) is 9.59 Å². The van der Waals surface area contributed by atoms with Crippen molar-refractivity contribution in [3.05, 3.63) is 16.4 Å².